The van der Waals surface area contributed by atoms with Crippen molar-refractivity contribution in [2.24, 2.45) is 5.92 Å². The van der Waals surface area contributed by atoms with E-state index < -0.39 is 0 Å². The Morgan fingerprint density at radius 3 is 3.00 bits per heavy atom. The van der Waals surface area contributed by atoms with Gasteiger partial charge in [0, 0.05) is 37.8 Å². The second-order valence-electron chi connectivity index (χ2n) is 5.81. The Morgan fingerprint density at radius 1 is 1.42 bits per heavy atom. The van der Waals surface area contributed by atoms with E-state index in [1.807, 2.05) is 12.1 Å². The molecule has 0 radical (unpaired) electrons. The van der Waals surface area contributed by atoms with E-state index in [0.717, 1.165) is 31.2 Å². The summed E-state index contributed by atoms with van der Waals surface area (Å²) in [4.78, 5) is 7.14. The number of ether oxygens (including phenoxy) is 1. The molecular formula is C15H23N3O. The van der Waals surface area contributed by atoms with Crippen molar-refractivity contribution in [2.45, 2.75) is 38.4 Å². The first-order valence-electron chi connectivity index (χ1n) is 7.23. The van der Waals surface area contributed by atoms with Crippen molar-refractivity contribution in [3.8, 4) is 5.88 Å². The number of hydrogen-bond donors (Lipinski definition) is 1. The maximum absolute atomic E-state index is 5.21. The third-order valence-corrected chi connectivity index (χ3v) is 4.17. The highest BCUT2D eigenvalue weighted by Gasteiger charge is 2.37. The first-order valence-corrected chi connectivity index (χ1v) is 7.23. The Hall–Kier alpha value is -1.13. The van der Waals surface area contributed by atoms with E-state index in [1.54, 1.807) is 7.11 Å². The number of aromatic nitrogens is 1. The molecule has 4 nitrogen and oxygen atoms in total. The molecule has 1 aliphatic carbocycles. The van der Waals surface area contributed by atoms with Gasteiger partial charge in [-0.25, -0.2) is 4.98 Å². The normalized spacial score (nSPS) is 28.3. The summed E-state index contributed by atoms with van der Waals surface area (Å²) >= 11 is 0. The predicted octanol–water partition coefficient (Wildman–Crippen LogP) is 1.66. The van der Waals surface area contributed by atoms with Crippen LogP contribution in [-0.4, -0.2) is 42.2 Å². The van der Waals surface area contributed by atoms with Crippen molar-refractivity contribution in [3.63, 3.8) is 0 Å². The van der Waals surface area contributed by atoms with Crippen LogP contribution in [0.5, 0.6) is 5.88 Å². The van der Waals surface area contributed by atoms with Gasteiger partial charge in [0.25, 0.3) is 0 Å². The van der Waals surface area contributed by atoms with Crippen LogP contribution in [0.3, 0.4) is 0 Å². The van der Waals surface area contributed by atoms with Crippen LogP contribution in [0.25, 0.3) is 0 Å². The molecule has 2 aliphatic rings. The van der Waals surface area contributed by atoms with Crippen LogP contribution < -0.4 is 10.1 Å². The molecule has 1 aliphatic heterocycles. The molecule has 1 aromatic heterocycles. The van der Waals surface area contributed by atoms with Gasteiger partial charge in [-0.2, -0.15) is 0 Å². The van der Waals surface area contributed by atoms with Gasteiger partial charge in [0.1, 0.15) is 0 Å². The zero-order valence-electron chi connectivity index (χ0n) is 11.8. The zero-order chi connectivity index (χ0) is 13.2. The summed E-state index contributed by atoms with van der Waals surface area (Å²) in [6.45, 7) is 5.43. The second-order valence-corrected chi connectivity index (χ2v) is 5.81. The average Bonchev–Trinajstić information content (AvgIpc) is 3.23. The highest BCUT2D eigenvalue weighted by molar-refractivity contribution is 5.16. The number of piperazine rings is 1. The van der Waals surface area contributed by atoms with Crippen LogP contribution >= 0.6 is 0 Å². The molecule has 19 heavy (non-hydrogen) atoms. The first kappa shape index (κ1) is 12.9. The molecule has 1 N–H and O–H groups in total. The molecule has 2 fully saturated rings. The van der Waals surface area contributed by atoms with E-state index in [4.69, 9.17) is 4.74 Å². The summed E-state index contributed by atoms with van der Waals surface area (Å²) in [6, 6.07) is 7.28. The quantitative estimate of drug-likeness (QED) is 0.894. The van der Waals surface area contributed by atoms with Gasteiger partial charge in [-0.3, -0.25) is 4.90 Å². The summed E-state index contributed by atoms with van der Waals surface area (Å²) in [5.74, 6) is 1.61. The van der Waals surface area contributed by atoms with Gasteiger partial charge in [-0.05, 0) is 31.7 Å². The molecule has 4 heteroatoms. The number of nitrogens with one attached hydrogen (secondary N) is 1. The van der Waals surface area contributed by atoms with Crippen LogP contribution in [0.1, 0.15) is 25.5 Å². The van der Waals surface area contributed by atoms with Crippen LogP contribution in [0.4, 0.5) is 0 Å². The number of methoxy groups -OCH3 is 1. The van der Waals surface area contributed by atoms with Crippen LogP contribution in [0.2, 0.25) is 0 Å². The average molecular weight is 261 g/mol. The third-order valence-electron chi connectivity index (χ3n) is 4.17. The monoisotopic (exact) mass is 261 g/mol. The fraction of sp³-hybridized carbons (Fsp3) is 0.667. The predicted molar refractivity (Wildman–Crippen MR) is 75.2 cm³/mol. The zero-order valence-corrected chi connectivity index (χ0v) is 11.8. The number of hydrogen-bond acceptors (Lipinski definition) is 4. The Kier molecular flexibility index (Phi) is 3.71. The molecule has 1 aromatic rings. The molecule has 1 saturated carbocycles. The molecule has 2 heterocycles. The Balaban J connectivity index is 1.71. The molecular weight excluding hydrogens is 238 g/mol. The second kappa shape index (κ2) is 5.47. The molecule has 2 atom stereocenters. The summed E-state index contributed by atoms with van der Waals surface area (Å²) in [6.07, 6.45) is 2.78. The fourth-order valence-electron chi connectivity index (χ4n) is 3.00. The molecule has 0 aromatic carbocycles. The van der Waals surface area contributed by atoms with Crippen molar-refractivity contribution in [1.29, 1.82) is 0 Å². The van der Waals surface area contributed by atoms with E-state index in [0.29, 0.717) is 18.0 Å². The molecule has 3 rings (SSSR count). The standard InChI is InChI=1S/C15H23N3O/c1-11-9-18(14(8-16-11)12-6-7-12)10-13-4-3-5-15(17-13)19-2/h3-5,11-12,14,16H,6-10H2,1-2H3. The lowest BCUT2D eigenvalue weighted by atomic mass is 10.1. The van der Waals surface area contributed by atoms with Gasteiger partial charge < -0.3 is 10.1 Å². The van der Waals surface area contributed by atoms with Crippen LogP contribution in [-0.2, 0) is 6.54 Å². The van der Waals surface area contributed by atoms with Crippen molar-refractivity contribution in [2.75, 3.05) is 20.2 Å². The van der Waals surface area contributed by atoms with Crippen molar-refractivity contribution >= 4 is 0 Å². The minimum absolute atomic E-state index is 0.570. The highest BCUT2D eigenvalue weighted by Crippen LogP contribution is 2.36. The van der Waals surface area contributed by atoms with Gasteiger partial charge in [-0.15, -0.1) is 0 Å². The lowest BCUT2D eigenvalue weighted by molar-refractivity contribution is 0.110. The molecule has 0 spiro atoms. The minimum atomic E-state index is 0.570. The van der Waals surface area contributed by atoms with Crippen LogP contribution in [0, 0.1) is 5.92 Å². The molecule has 1 saturated heterocycles. The lowest BCUT2D eigenvalue weighted by Crippen LogP contribution is -2.55. The number of pyridine rings is 1. The summed E-state index contributed by atoms with van der Waals surface area (Å²) in [5.41, 5.74) is 1.11. The van der Waals surface area contributed by atoms with E-state index >= 15 is 0 Å². The fourth-order valence-corrected chi connectivity index (χ4v) is 3.00. The largest absolute Gasteiger partial charge is 0.481 e. The minimum Gasteiger partial charge on any atom is -0.481 e. The van der Waals surface area contributed by atoms with Gasteiger partial charge in [0.2, 0.25) is 5.88 Å². The lowest BCUT2D eigenvalue weighted by Gasteiger charge is -2.39. The molecule has 0 amide bonds. The summed E-state index contributed by atoms with van der Waals surface area (Å²) in [7, 11) is 1.67. The topological polar surface area (TPSA) is 37.4 Å². The first-order chi connectivity index (χ1) is 9.26. The Labute approximate surface area is 115 Å². The van der Waals surface area contributed by atoms with Crippen LogP contribution in [0.15, 0.2) is 18.2 Å². The SMILES string of the molecule is COc1cccc(CN2CC(C)NCC2C2CC2)n1. The Bertz CT molecular complexity index is 433. The van der Waals surface area contributed by atoms with Crippen molar-refractivity contribution in [3.05, 3.63) is 23.9 Å². The van der Waals surface area contributed by atoms with Crippen molar-refractivity contribution in [1.82, 2.24) is 15.2 Å². The van der Waals surface area contributed by atoms with Gasteiger partial charge in [0.05, 0.1) is 12.8 Å². The van der Waals surface area contributed by atoms with E-state index in [1.165, 1.54) is 12.8 Å². The highest BCUT2D eigenvalue weighted by atomic mass is 16.5. The van der Waals surface area contributed by atoms with E-state index in [2.05, 4.69) is 28.2 Å². The van der Waals surface area contributed by atoms with E-state index in [9.17, 15) is 0 Å². The maximum atomic E-state index is 5.21. The van der Waals surface area contributed by atoms with Crippen molar-refractivity contribution < 1.29 is 4.74 Å². The number of rotatable bonds is 4. The maximum Gasteiger partial charge on any atom is 0.213 e. The van der Waals surface area contributed by atoms with Gasteiger partial charge >= 0.3 is 0 Å². The Morgan fingerprint density at radius 2 is 2.26 bits per heavy atom. The summed E-state index contributed by atoms with van der Waals surface area (Å²) in [5, 5.41) is 3.60. The molecule has 104 valence electrons. The number of nitrogens with zero attached hydrogens (tertiary/aromatic N) is 2. The molecule has 0 bridgehead atoms. The van der Waals surface area contributed by atoms with Gasteiger partial charge in [0.15, 0.2) is 0 Å². The summed E-state index contributed by atoms with van der Waals surface area (Å²) < 4.78 is 5.21. The smallest absolute Gasteiger partial charge is 0.213 e. The molecule has 2 unspecified atom stereocenters. The van der Waals surface area contributed by atoms with Gasteiger partial charge in [-0.1, -0.05) is 6.07 Å². The third kappa shape index (κ3) is 3.07. The van der Waals surface area contributed by atoms with E-state index in [-0.39, 0.29) is 0 Å².